The van der Waals surface area contributed by atoms with Crippen LogP contribution < -0.4 is 5.32 Å². The van der Waals surface area contributed by atoms with Gasteiger partial charge in [-0.25, -0.2) is 9.97 Å². The monoisotopic (exact) mass is 319 g/mol. The van der Waals surface area contributed by atoms with Gasteiger partial charge in [0.15, 0.2) is 0 Å². The molecule has 0 spiro atoms. The van der Waals surface area contributed by atoms with Crippen LogP contribution in [0.4, 0.5) is 5.82 Å². The fraction of sp³-hybridized carbons (Fsp3) is 0.647. The highest BCUT2D eigenvalue weighted by Gasteiger charge is 2.14. The quantitative estimate of drug-likeness (QED) is 0.869. The summed E-state index contributed by atoms with van der Waals surface area (Å²) in [5.41, 5.74) is 0. The number of aromatic nitrogens is 2. The van der Waals surface area contributed by atoms with Crippen molar-refractivity contribution in [2.45, 2.75) is 63.8 Å². The summed E-state index contributed by atoms with van der Waals surface area (Å²) in [6, 6.07) is 2.74. The van der Waals surface area contributed by atoms with Gasteiger partial charge in [-0.1, -0.05) is 32.1 Å². The minimum Gasteiger partial charge on any atom is -0.396 e. The second-order valence-electron chi connectivity index (χ2n) is 6.17. The van der Waals surface area contributed by atoms with Crippen molar-refractivity contribution in [1.82, 2.24) is 9.97 Å². The van der Waals surface area contributed by atoms with E-state index in [1.807, 2.05) is 0 Å². The predicted molar refractivity (Wildman–Crippen MR) is 92.6 cm³/mol. The Labute approximate surface area is 136 Å². The van der Waals surface area contributed by atoms with Crippen LogP contribution in [0.5, 0.6) is 0 Å². The van der Waals surface area contributed by atoms with Crippen molar-refractivity contribution in [3.05, 3.63) is 17.3 Å². The first-order valence-electron chi connectivity index (χ1n) is 8.47. The number of thiophene rings is 1. The summed E-state index contributed by atoms with van der Waals surface area (Å²) in [4.78, 5) is 11.2. The van der Waals surface area contributed by atoms with E-state index in [0.29, 0.717) is 6.04 Å². The Balaban J connectivity index is 1.75. The SMILES string of the molecule is OCCCc1cc2c(NC3CCCCCCC3)ncnc2s1. The number of hydrogen-bond acceptors (Lipinski definition) is 5. The Bertz CT molecular complexity index is 591. The van der Waals surface area contributed by atoms with E-state index in [2.05, 4.69) is 21.4 Å². The number of aliphatic hydroxyl groups is 1. The molecule has 1 fully saturated rings. The van der Waals surface area contributed by atoms with E-state index in [1.165, 1.54) is 49.8 Å². The highest BCUT2D eigenvalue weighted by atomic mass is 32.1. The summed E-state index contributed by atoms with van der Waals surface area (Å²) in [6.07, 6.45) is 12.6. The molecule has 0 unspecified atom stereocenters. The molecule has 0 atom stereocenters. The lowest BCUT2D eigenvalue weighted by atomic mass is 9.97. The van der Waals surface area contributed by atoms with E-state index in [9.17, 15) is 0 Å². The van der Waals surface area contributed by atoms with Crippen molar-refractivity contribution in [1.29, 1.82) is 0 Å². The van der Waals surface area contributed by atoms with Crippen LogP contribution in [0.25, 0.3) is 10.2 Å². The molecule has 1 saturated carbocycles. The van der Waals surface area contributed by atoms with E-state index in [4.69, 9.17) is 5.11 Å². The number of nitrogens with one attached hydrogen (secondary N) is 1. The van der Waals surface area contributed by atoms with Gasteiger partial charge in [-0.3, -0.25) is 0 Å². The summed E-state index contributed by atoms with van der Waals surface area (Å²) in [5.74, 6) is 0.988. The van der Waals surface area contributed by atoms with Crippen LogP contribution in [0.1, 0.15) is 56.2 Å². The number of nitrogens with zero attached hydrogens (tertiary/aromatic N) is 2. The van der Waals surface area contributed by atoms with Crippen LogP contribution in [0.15, 0.2) is 12.4 Å². The third kappa shape index (κ3) is 3.96. The highest BCUT2D eigenvalue weighted by Crippen LogP contribution is 2.30. The first kappa shape index (κ1) is 15.7. The Hall–Kier alpha value is -1.20. The second kappa shape index (κ2) is 7.88. The van der Waals surface area contributed by atoms with Gasteiger partial charge in [0, 0.05) is 17.5 Å². The predicted octanol–water partition coefficient (Wildman–Crippen LogP) is 4.14. The number of hydrogen-bond donors (Lipinski definition) is 2. The standard InChI is InChI=1S/C17H25N3OS/c21-10-6-9-14-11-15-16(18-12-19-17(15)22-14)20-13-7-4-2-1-3-5-8-13/h11-13,21H,1-10H2,(H,18,19,20). The topological polar surface area (TPSA) is 58.0 Å². The molecule has 120 valence electrons. The molecule has 1 aliphatic carbocycles. The Morgan fingerprint density at radius 2 is 1.91 bits per heavy atom. The molecule has 0 aromatic carbocycles. The van der Waals surface area contributed by atoms with Gasteiger partial charge in [0.25, 0.3) is 0 Å². The van der Waals surface area contributed by atoms with Gasteiger partial charge in [-0.15, -0.1) is 11.3 Å². The average molecular weight is 319 g/mol. The number of fused-ring (bicyclic) bond motifs is 1. The van der Waals surface area contributed by atoms with E-state index in [0.717, 1.165) is 28.9 Å². The van der Waals surface area contributed by atoms with Gasteiger partial charge in [-0.2, -0.15) is 0 Å². The van der Waals surface area contributed by atoms with Crippen LogP contribution in [0, 0.1) is 0 Å². The van der Waals surface area contributed by atoms with Crippen LogP contribution in [0.3, 0.4) is 0 Å². The summed E-state index contributed by atoms with van der Waals surface area (Å²) in [5, 5.41) is 13.8. The maximum absolute atomic E-state index is 8.99. The fourth-order valence-electron chi connectivity index (χ4n) is 3.19. The molecule has 1 aliphatic rings. The molecule has 0 aliphatic heterocycles. The molecule has 0 bridgehead atoms. The maximum Gasteiger partial charge on any atom is 0.138 e. The summed E-state index contributed by atoms with van der Waals surface area (Å²) < 4.78 is 0. The van der Waals surface area contributed by atoms with Crippen LogP contribution in [-0.2, 0) is 6.42 Å². The summed E-state index contributed by atoms with van der Waals surface area (Å²) >= 11 is 1.72. The van der Waals surface area contributed by atoms with Crippen LogP contribution in [-0.4, -0.2) is 27.7 Å². The van der Waals surface area contributed by atoms with Gasteiger partial charge < -0.3 is 10.4 Å². The molecular formula is C17H25N3OS. The van der Waals surface area contributed by atoms with Crippen molar-refractivity contribution in [3.8, 4) is 0 Å². The lowest BCUT2D eigenvalue weighted by Crippen LogP contribution is -2.21. The Kier molecular flexibility index (Phi) is 5.62. The minimum atomic E-state index is 0.243. The lowest BCUT2D eigenvalue weighted by molar-refractivity contribution is 0.289. The van der Waals surface area contributed by atoms with Crippen molar-refractivity contribution >= 4 is 27.4 Å². The number of aliphatic hydroxyl groups excluding tert-OH is 1. The maximum atomic E-state index is 8.99. The van der Waals surface area contributed by atoms with E-state index in [1.54, 1.807) is 17.7 Å². The van der Waals surface area contributed by atoms with Crippen LogP contribution >= 0.6 is 11.3 Å². The van der Waals surface area contributed by atoms with Gasteiger partial charge >= 0.3 is 0 Å². The van der Waals surface area contributed by atoms with E-state index in [-0.39, 0.29) is 6.61 Å². The molecule has 2 aromatic rings. The molecule has 2 aromatic heterocycles. The number of rotatable bonds is 5. The molecule has 3 rings (SSSR count). The zero-order valence-corrected chi connectivity index (χ0v) is 13.9. The molecule has 4 nitrogen and oxygen atoms in total. The normalized spacial score (nSPS) is 17.3. The molecule has 0 saturated heterocycles. The molecule has 5 heteroatoms. The van der Waals surface area contributed by atoms with Crippen LogP contribution in [0.2, 0.25) is 0 Å². The minimum absolute atomic E-state index is 0.243. The molecule has 2 heterocycles. The smallest absolute Gasteiger partial charge is 0.138 e. The summed E-state index contributed by atoms with van der Waals surface area (Å²) in [7, 11) is 0. The number of aryl methyl sites for hydroxylation is 1. The zero-order chi connectivity index (χ0) is 15.2. The molecule has 0 radical (unpaired) electrons. The van der Waals surface area contributed by atoms with Gasteiger partial charge in [-0.05, 0) is 31.7 Å². The largest absolute Gasteiger partial charge is 0.396 e. The fourth-order valence-corrected chi connectivity index (χ4v) is 4.23. The van der Waals surface area contributed by atoms with E-state index < -0.39 is 0 Å². The molecule has 2 N–H and O–H groups in total. The van der Waals surface area contributed by atoms with Gasteiger partial charge in [0.2, 0.25) is 0 Å². The van der Waals surface area contributed by atoms with Crippen molar-refractivity contribution in [2.24, 2.45) is 0 Å². The van der Waals surface area contributed by atoms with Crippen molar-refractivity contribution in [3.63, 3.8) is 0 Å². The first-order chi connectivity index (χ1) is 10.9. The second-order valence-corrected chi connectivity index (χ2v) is 7.28. The molecular weight excluding hydrogens is 294 g/mol. The molecule has 0 amide bonds. The van der Waals surface area contributed by atoms with Crippen molar-refractivity contribution < 1.29 is 5.11 Å². The third-order valence-corrected chi connectivity index (χ3v) is 5.51. The average Bonchev–Trinajstić information content (AvgIpc) is 2.91. The van der Waals surface area contributed by atoms with Gasteiger partial charge in [0.1, 0.15) is 17.0 Å². The zero-order valence-electron chi connectivity index (χ0n) is 13.1. The van der Waals surface area contributed by atoms with E-state index >= 15 is 0 Å². The molecule has 22 heavy (non-hydrogen) atoms. The van der Waals surface area contributed by atoms with Gasteiger partial charge in [0.05, 0.1) is 5.39 Å². The van der Waals surface area contributed by atoms with Crippen molar-refractivity contribution in [2.75, 3.05) is 11.9 Å². The third-order valence-electron chi connectivity index (χ3n) is 4.41. The lowest BCUT2D eigenvalue weighted by Gasteiger charge is -2.21. The Morgan fingerprint density at radius 3 is 2.68 bits per heavy atom. The highest BCUT2D eigenvalue weighted by molar-refractivity contribution is 7.18. The number of anilines is 1. The summed E-state index contributed by atoms with van der Waals surface area (Å²) in [6.45, 7) is 0.243. The first-order valence-corrected chi connectivity index (χ1v) is 9.29. The Morgan fingerprint density at radius 1 is 1.14 bits per heavy atom.